The van der Waals surface area contributed by atoms with Gasteiger partial charge in [0.25, 0.3) is 0 Å². The van der Waals surface area contributed by atoms with Gasteiger partial charge in [0.1, 0.15) is 5.58 Å². The Kier molecular flexibility index (Phi) is 4.11. The molecule has 2 aromatic rings. The van der Waals surface area contributed by atoms with E-state index in [-0.39, 0.29) is 6.42 Å². The maximum absolute atomic E-state index is 10.6. The van der Waals surface area contributed by atoms with Crippen molar-refractivity contribution in [3.05, 3.63) is 35.6 Å². The highest BCUT2D eigenvalue weighted by Crippen LogP contribution is 2.22. The van der Waals surface area contributed by atoms with Crippen LogP contribution in [-0.2, 0) is 11.2 Å². The zero-order valence-corrected chi connectivity index (χ0v) is 9.78. The molecule has 86 valence electrons. The third-order valence-electron chi connectivity index (χ3n) is 2.15. The number of carboxylic acid groups (broad SMARTS) is 1. The Hall–Kier alpha value is -1.77. The number of aryl methyl sites for hydroxylation is 1. The van der Waals surface area contributed by atoms with Gasteiger partial charge in [0, 0.05) is 10.9 Å². The summed E-state index contributed by atoms with van der Waals surface area (Å²) in [5.74, 6) is -0.839. The van der Waals surface area contributed by atoms with Gasteiger partial charge < -0.3 is 9.52 Å². The van der Waals surface area contributed by atoms with Gasteiger partial charge in [-0.25, -0.2) is 0 Å². The average Bonchev–Trinajstić information content (AvgIpc) is 2.63. The highest BCUT2D eigenvalue weighted by molar-refractivity contribution is 5.85. The summed E-state index contributed by atoms with van der Waals surface area (Å²) in [5, 5.41) is 9.57. The van der Waals surface area contributed by atoms with Crippen molar-refractivity contribution in [3.63, 3.8) is 0 Å². The van der Waals surface area contributed by atoms with Crippen LogP contribution in [0, 0.1) is 6.92 Å². The minimum Gasteiger partial charge on any atom is -0.481 e. The predicted octanol–water partition coefficient (Wildman–Crippen LogP) is 3.39. The second kappa shape index (κ2) is 5.35. The van der Waals surface area contributed by atoms with E-state index in [1.165, 1.54) is 6.26 Å². The molecule has 0 aliphatic carbocycles. The summed E-state index contributed by atoms with van der Waals surface area (Å²) in [6.07, 6.45) is 1.52. The molecule has 2 rings (SSSR count). The summed E-state index contributed by atoms with van der Waals surface area (Å²) < 4.78 is 5.24. The minimum absolute atomic E-state index is 0.0104. The Bertz CT molecular complexity index is 483. The van der Waals surface area contributed by atoms with Gasteiger partial charge in [0.2, 0.25) is 0 Å². The normalized spacial score (nSPS) is 9.69. The van der Waals surface area contributed by atoms with E-state index in [0.717, 1.165) is 22.1 Å². The quantitative estimate of drug-likeness (QED) is 0.843. The van der Waals surface area contributed by atoms with Crippen LogP contribution in [0.25, 0.3) is 11.0 Å². The zero-order valence-electron chi connectivity index (χ0n) is 9.78. The molecular weight excluding hydrogens is 204 g/mol. The lowest BCUT2D eigenvalue weighted by atomic mass is 10.1. The van der Waals surface area contributed by atoms with Gasteiger partial charge in [0.15, 0.2) is 0 Å². The number of hydrogen-bond acceptors (Lipinski definition) is 2. The Balaban J connectivity index is 0.000000606. The summed E-state index contributed by atoms with van der Waals surface area (Å²) in [4.78, 5) is 10.6. The molecule has 0 bridgehead atoms. The Morgan fingerprint density at radius 3 is 2.69 bits per heavy atom. The second-order valence-corrected chi connectivity index (χ2v) is 3.33. The van der Waals surface area contributed by atoms with Gasteiger partial charge in [-0.05, 0) is 19.1 Å². The molecule has 0 saturated heterocycles. The molecule has 16 heavy (non-hydrogen) atoms. The fourth-order valence-corrected chi connectivity index (χ4v) is 1.50. The van der Waals surface area contributed by atoms with Crippen molar-refractivity contribution < 1.29 is 14.3 Å². The van der Waals surface area contributed by atoms with Crippen molar-refractivity contribution in [2.75, 3.05) is 0 Å². The fraction of sp³-hybridized carbons (Fsp3) is 0.308. The van der Waals surface area contributed by atoms with E-state index in [4.69, 9.17) is 9.52 Å². The lowest BCUT2D eigenvalue weighted by molar-refractivity contribution is -0.136. The molecule has 0 fully saturated rings. The van der Waals surface area contributed by atoms with Gasteiger partial charge in [-0.15, -0.1) is 0 Å². The van der Waals surface area contributed by atoms with Crippen LogP contribution >= 0.6 is 0 Å². The van der Waals surface area contributed by atoms with Gasteiger partial charge in [-0.2, -0.15) is 0 Å². The van der Waals surface area contributed by atoms with Crippen molar-refractivity contribution in [1.82, 2.24) is 0 Å². The van der Waals surface area contributed by atoms with Crippen molar-refractivity contribution >= 4 is 16.9 Å². The largest absolute Gasteiger partial charge is 0.481 e. The fourth-order valence-electron chi connectivity index (χ4n) is 1.50. The molecule has 1 heterocycles. The van der Waals surface area contributed by atoms with Crippen molar-refractivity contribution in [1.29, 1.82) is 0 Å². The first-order valence-electron chi connectivity index (χ1n) is 5.35. The number of carboxylic acids is 1. The smallest absolute Gasteiger partial charge is 0.307 e. The maximum Gasteiger partial charge on any atom is 0.307 e. The molecule has 1 aromatic heterocycles. The molecule has 0 radical (unpaired) electrons. The first-order chi connectivity index (χ1) is 7.66. The first-order valence-corrected chi connectivity index (χ1v) is 5.35. The Morgan fingerprint density at radius 1 is 1.38 bits per heavy atom. The maximum atomic E-state index is 10.6. The van der Waals surface area contributed by atoms with Crippen LogP contribution in [0.4, 0.5) is 0 Å². The molecule has 0 atom stereocenters. The van der Waals surface area contributed by atoms with Crippen LogP contribution in [0.2, 0.25) is 0 Å². The number of rotatable bonds is 2. The van der Waals surface area contributed by atoms with Crippen molar-refractivity contribution in [2.45, 2.75) is 27.2 Å². The van der Waals surface area contributed by atoms with E-state index in [0.29, 0.717) is 0 Å². The SMILES string of the molecule is CC.Cc1ccc2occ(CC(=O)O)c2c1. The molecule has 3 nitrogen and oxygen atoms in total. The topological polar surface area (TPSA) is 50.4 Å². The van der Waals surface area contributed by atoms with Crippen LogP contribution < -0.4 is 0 Å². The van der Waals surface area contributed by atoms with E-state index < -0.39 is 5.97 Å². The number of benzene rings is 1. The molecule has 1 N–H and O–H groups in total. The van der Waals surface area contributed by atoms with Crippen LogP contribution in [0.1, 0.15) is 25.0 Å². The Morgan fingerprint density at radius 2 is 2.06 bits per heavy atom. The Labute approximate surface area is 94.7 Å². The molecule has 0 unspecified atom stereocenters. The summed E-state index contributed by atoms with van der Waals surface area (Å²) in [6.45, 7) is 5.97. The van der Waals surface area contributed by atoms with Gasteiger partial charge in [-0.1, -0.05) is 25.5 Å². The highest BCUT2D eigenvalue weighted by Gasteiger charge is 2.08. The third kappa shape index (κ3) is 2.63. The highest BCUT2D eigenvalue weighted by atomic mass is 16.4. The monoisotopic (exact) mass is 220 g/mol. The number of hydrogen-bond donors (Lipinski definition) is 1. The van der Waals surface area contributed by atoms with Crippen LogP contribution in [0.15, 0.2) is 28.9 Å². The molecular formula is C13H16O3. The van der Waals surface area contributed by atoms with E-state index in [2.05, 4.69) is 0 Å². The average molecular weight is 220 g/mol. The standard InChI is InChI=1S/C11H10O3.C2H6/c1-7-2-3-10-9(4-7)8(6-14-10)5-11(12)13;1-2/h2-4,6H,5H2,1H3,(H,12,13);1-2H3. The first kappa shape index (κ1) is 12.3. The number of furan rings is 1. The van der Waals surface area contributed by atoms with E-state index in [1.807, 2.05) is 39.0 Å². The molecule has 0 spiro atoms. The van der Waals surface area contributed by atoms with E-state index in [1.54, 1.807) is 0 Å². The molecule has 0 amide bonds. The lowest BCUT2D eigenvalue weighted by Crippen LogP contribution is -1.98. The van der Waals surface area contributed by atoms with E-state index >= 15 is 0 Å². The predicted molar refractivity (Wildman–Crippen MR) is 63.6 cm³/mol. The molecule has 3 heteroatoms. The zero-order chi connectivity index (χ0) is 12.1. The number of carbonyl (C=O) groups is 1. The van der Waals surface area contributed by atoms with Crippen LogP contribution in [0.5, 0.6) is 0 Å². The molecule has 1 aromatic carbocycles. The summed E-state index contributed by atoms with van der Waals surface area (Å²) in [6, 6.07) is 5.74. The minimum atomic E-state index is -0.839. The van der Waals surface area contributed by atoms with Gasteiger partial charge in [0.05, 0.1) is 12.7 Å². The molecule has 0 aliphatic heterocycles. The summed E-state index contributed by atoms with van der Waals surface area (Å²) in [5.41, 5.74) is 2.58. The van der Waals surface area contributed by atoms with E-state index in [9.17, 15) is 4.79 Å². The molecule has 0 saturated carbocycles. The number of fused-ring (bicyclic) bond motifs is 1. The molecule has 0 aliphatic rings. The van der Waals surface area contributed by atoms with Crippen LogP contribution in [0.3, 0.4) is 0 Å². The van der Waals surface area contributed by atoms with Gasteiger partial charge >= 0.3 is 5.97 Å². The second-order valence-electron chi connectivity index (χ2n) is 3.33. The van der Waals surface area contributed by atoms with Crippen molar-refractivity contribution in [3.8, 4) is 0 Å². The number of aliphatic carboxylic acids is 1. The van der Waals surface area contributed by atoms with Crippen molar-refractivity contribution in [2.24, 2.45) is 0 Å². The van der Waals surface area contributed by atoms with Crippen LogP contribution in [-0.4, -0.2) is 11.1 Å². The third-order valence-corrected chi connectivity index (χ3v) is 2.15. The lowest BCUT2D eigenvalue weighted by Gasteiger charge is -1.94. The summed E-state index contributed by atoms with van der Waals surface area (Å²) in [7, 11) is 0. The van der Waals surface area contributed by atoms with Gasteiger partial charge in [-0.3, -0.25) is 4.79 Å². The summed E-state index contributed by atoms with van der Waals surface area (Å²) >= 11 is 0.